The number of ether oxygens (including phenoxy) is 1. The van der Waals surface area contributed by atoms with E-state index in [1.165, 1.54) is 5.56 Å². The molecule has 1 N–H and O–H groups in total. The molecule has 4 heteroatoms. The average Bonchev–Trinajstić information content (AvgIpc) is 2.46. The lowest BCUT2D eigenvalue weighted by Gasteiger charge is -2.05. The number of carbonyl (C=O) groups excluding carboxylic acids is 2. The second-order valence-corrected chi connectivity index (χ2v) is 4.60. The van der Waals surface area contributed by atoms with Gasteiger partial charge in [-0.25, -0.2) is 0 Å². The van der Waals surface area contributed by atoms with Crippen LogP contribution in [0.4, 0.5) is 0 Å². The second kappa shape index (κ2) is 10.0. The Morgan fingerprint density at radius 3 is 2.55 bits per heavy atom. The highest BCUT2D eigenvalue weighted by molar-refractivity contribution is 5.81. The number of unbranched alkanes of at least 4 members (excludes halogenated alkanes) is 1. The fraction of sp³-hybridized carbons (Fsp3) is 0.500. The molecule has 110 valence electrons. The molecule has 0 fully saturated rings. The van der Waals surface area contributed by atoms with Gasteiger partial charge >= 0.3 is 5.97 Å². The molecule has 0 bridgehead atoms. The predicted octanol–water partition coefficient (Wildman–Crippen LogP) is 2.47. The Labute approximate surface area is 120 Å². The quantitative estimate of drug-likeness (QED) is 0.557. The highest BCUT2D eigenvalue weighted by Gasteiger charge is 2.06. The zero-order valence-corrected chi connectivity index (χ0v) is 12.1. The molecule has 1 aromatic carbocycles. The molecule has 0 unspecified atom stereocenters. The Balaban J connectivity index is 2.00. The Morgan fingerprint density at radius 1 is 1.10 bits per heavy atom. The summed E-state index contributed by atoms with van der Waals surface area (Å²) in [6.07, 6.45) is 3.38. The Bertz CT molecular complexity index is 403. The lowest BCUT2D eigenvalue weighted by Crippen LogP contribution is -2.25. The van der Waals surface area contributed by atoms with Gasteiger partial charge in [0.05, 0.1) is 13.0 Å². The molecular formula is C16H23NO3. The molecule has 0 spiro atoms. The van der Waals surface area contributed by atoms with Crippen LogP contribution in [0.1, 0.15) is 38.2 Å². The maximum absolute atomic E-state index is 11.5. The number of hydrogen-bond donors (Lipinski definition) is 1. The molecule has 4 nitrogen and oxygen atoms in total. The van der Waals surface area contributed by atoms with Gasteiger partial charge in [0.25, 0.3) is 0 Å². The molecule has 0 atom stereocenters. The maximum atomic E-state index is 11.5. The van der Waals surface area contributed by atoms with Crippen molar-refractivity contribution >= 4 is 11.9 Å². The fourth-order valence-electron chi connectivity index (χ4n) is 1.86. The van der Waals surface area contributed by atoms with Crippen LogP contribution >= 0.6 is 0 Å². The van der Waals surface area contributed by atoms with Crippen molar-refractivity contribution in [3.8, 4) is 0 Å². The summed E-state index contributed by atoms with van der Waals surface area (Å²) in [5.74, 6) is -0.399. The van der Waals surface area contributed by atoms with E-state index in [0.717, 1.165) is 19.3 Å². The summed E-state index contributed by atoms with van der Waals surface area (Å²) in [6, 6.07) is 10.3. The molecule has 0 aliphatic heterocycles. The van der Waals surface area contributed by atoms with Crippen LogP contribution in [0.5, 0.6) is 0 Å². The average molecular weight is 277 g/mol. The number of hydrogen-bond acceptors (Lipinski definition) is 3. The van der Waals surface area contributed by atoms with Crippen LogP contribution < -0.4 is 5.32 Å². The van der Waals surface area contributed by atoms with Crippen molar-refractivity contribution in [1.29, 1.82) is 0 Å². The first kappa shape index (κ1) is 16.2. The molecule has 1 amide bonds. The van der Waals surface area contributed by atoms with Crippen LogP contribution in [0.25, 0.3) is 0 Å². The third-order valence-electron chi connectivity index (χ3n) is 2.92. The van der Waals surface area contributed by atoms with E-state index in [2.05, 4.69) is 17.4 Å². The summed E-state index contributed by atoms with van der Waals surface area (Å²) in [4.78, 5) is 22.5. The van der Waals surface area contributed by atoms with E-state index in [1.807, 2.05) is 18.2 Å². The van der Waals surface area contributed by atoms with E-state index < -0.39 is 0 Å². The van der Waals surface area contributed by atoms with E-state index in [1.54, 1.807) is 6.92 Å². The van der Waals surface area contributed by atoms with Crippen LogP contribution in [-0.2, 0) is 20.7 Å². The fourth-order valence-corrected chi connectivity index (χ4v) is 1.86. The minimum Gasteiger partial charge on any atom is -0.466 e. The smallest absolute Gasteiger partial charge is 0.306 e. The summed E-state index contributed by atoms with van der Waals surface area (Å²) < 4.78 is 4.77. The summed E-state index contributed by atoms with van der Waals surface area (Å²) >= 11 is 0. The van der Waals surface area contributed by atoms with E-state index in [-0.39, 0.29) is 24.7 Å². The molecule has 0 radical (unpaired) electrons. The van der Waals surface area contributed by atoms with E-state index in [4.69, 9.17) is 4.74 Å². The first-order chi connectivity index (χ1) is 9.72. The van der Waals surface area contributed by atoms with Gasteiger partial charge in [0, 0.05) is 13.0 Å². The summed E-state index contributed by atoms with van der Waals surface area (Å²) in [5.41, 5.74) is 1.32. The third kappa shape index (κ3) is 7.56. The lowest BCUT2D eigenvalue weighted by molar-refractivity contribution is -0.144. The number of carbonyl (C=O) groups is 2. The Kier molecular flexibility index (Phi) is 8.11. The van der Waals surface area contributed by atoms with Crippen molar-refractivity contribution in [3.05, 3.63) is 35.9 Å². The standard InChI is InChI=1S/C16H23NO3/c1-2-20-16(19)12-11-15(18)17-13-7-6-10-14-8-4-3-5-9-14/h3-5,8-9H,2,6-7,10-13H2,1H3,(H,17,18). The third-order valence-corrected chi connectivity index (χ3v) is 2.92. The van der Waals surface area contributed by atoms with Gasteiger partial charge in [-0.3, -0.25) is 9.59 Å². The van der Waals surface area contributed by atoms with Gasteiger partial charge < -0.3 is 10.1 Å². The minimum atomic E-state index is -0.313. The zero-order chi connectivity index (χ0) is 14.6. The number of rotatable bonds is 9. The number of nitrogens with one attached hydrogen (secondary N) is 1. The summed E-state index contributed by atoms with van der Waals surface area (Å²) in [6.45, 7) is 2.78. The summed E-state index contributed by atoms with van der Waals surface area (Å²) in [5, 5.41) is 2.82. The van der Waals surface area contributed by atoms with Crippen LogP contribution in [0.2, 0.25) is 0 Å². The largest absolute Gasteiger partial charge is 0.466 e. The van der Waals surface area contributed by atoms with Crippen molar-refractivity contribution in [3.63, 3.8) is 0 Å². The normalized spacial score (nSPS) is 10.1. The summed E-state index contributed by atoms with van der Waals surface area (Å²) in [7, 11) is 0. The first-order valence-electron chi connectivity index (χ1n) is 7.18. The number of aryl methyl sites for hydroxylation is 1. The highest BCUT2D eigenvalue weighted by Crippen LogP contribution is 2.03. The van der Waals surface area contributed by atoms with Crippen LogP contribution in [0.15, 0.2) is 30.3 Å². The van der Waals surface area contributed by atoms with Gasteiger partial charge in [-0.1, -0.05) is 30.3 Å². The maximum Gasteiger partial charge on any atom is 0.306 e. The number of amides is 1. The van der Waals surface area contributed by atoms with Crippen LogP contribution in [-0.4, -0.2) is 25.0 Å². The second-order valence-electron chi connectivity index (χ2n) is 4.60. The van der Waals surface area contributed by atoms with Crippen molar-refractivity contribution in [2.45, 2.75) is 39.0 Å². The molecule has 1 rings (SSSR count). The van der Waals surface area contributed by atoms with Crippen molar-refractivity contribution in [2.24, 2.45) is 0 Å². The van der Waals surface area contributed by atoms with E-state index in [9.17, 15) is 9.59 Å². The molecule has 20 heavy (non-hydrogen) atoms. The SMILES string of the molecule is CCOC(=O)CCC(=O)NCCCCc1ccccc1. The molecule has 0 aliphatic carbocycles. The molecule has 0 saturated carbocycles. The predicted molar refractivity (Wildman–Crippen MR) is 78.3 cm³/mol. The van der Waals surface area contributed by atoms with Crippen molar-refractivity contribution in [2.75, 3.05) is 13.2 Å². The molecule has 0 heterocycles. The van der Waals surface area contributed by atoms with Gasteiger partial charge in [0.15, 0.2) is 0 Å². The van der Waals surface area contributed by atoms with Gasteiger partial charge in [-0.05, 0) is 31.7 Å². The Hall–Kier alpha value is -1.84. The molecule has 1 aromatic rings. The topological polar surface area (TPSA) is 55.4 Å². The Morgan fingerprint density at radius 2 is 1.85 bits per heavy atom. The number of esters is 1. The lowest BCUT2D eigenvalue weighted by atomic mass is 10.1. The van der Waals surface area contributed by atoms with Crippen LogP contribution in [0, 0.1) is 0 Å². The first-order valence-corrected chi connectivity index (χ1v) is 7.18. The van der Waals surface area contributed by atoms with Gasteiger partial charge in [0.1, 0.15) is 0 Å². The zero-order valence-electron chi connectivity index (χ0n) is 12.1. The van der Waals surface area contributed by atoms with E-state index >= 15 is 0 Å². The van der Waals surface area contributed by atoms with E-state index in [0.29, 0.717) is 13.2 Å². The molecular weight excluding hydrogens is 254 g/mol. The van der Waals surface area contributed by atoms with Gasteiger partial charge in [-0.15, -0.1) is 0 Å². The molecule has 0 aromatic heterocycles. The van der Waals surface area contributed by atoms with Crippen molar-refractivity contribution < 1.29 is 14.3 Å². The molecule has 0 aliphatic rings. The van der Waals surface area contributed by atoms with Crippen molar-refractivity contribution in [1.82, 2.24) is 5.32 Å². The minimum absolute atomic E-state index is 0.0854. The van der Waals surface area contributed by atoms with Gasteiger partial charge in [0.2, 0.25) is 5.91 Å². The van der Waals surface area contributed by atoms with Gasteiger partial charge in [-0.2, -0.15) is 0 Å². The number of benzene rings is 1. The monoisotopic (exact) mass is 277 g/mol. The molecule has 0 saturated heterocycles. The van der Waals surface area contributed by atoms with Crippen LogP contribution in [0.3, 0.4) is 0 Å². The highest BCUT2D eigenvalue weighted by atomic mass is 16.5.